The maximum absolute atomic E-state index is 5.65. The third-order valence-corrected chi connectivity index (χ3v) is 3.75. The van der Waals surface area contributed by atoms with Crippen LogP contribution in [0.3, 0.4) is 0 Å². The van der Waals surface area contributed by atoms with E-state index in [1.54, 1.807) is 0 Å². The van der Waals surface area contributed by atoms with Crippen molar-refractivity contribution in [1.29, 1.82) is 0 Å². The normalized spacial score (nSPS) is 33.5. The SMILES string of the molecule is N[C@@H]1CCCC[C@@H]1N.N[C@@H]1CCCC[C@@H]1N.[Cl-].[Cl-].[Ni+2]. The maximum Gasteiger partial charge on any atom is 2.00 e. The minimum Gasteiger partial charge on any atom is -1.00 e. The van der Waals surface area contributed by atoms with Crippen LogP contribution in [0.15, 0.2) is 0 Å². The average Bonchev–Trinajstić information content (AvgIpc) is 2.28. The Balaban J connectivity index is -0.000000233. The number of nitrogens with two attached hydrogens (primary N) is 4. The van der Waals surface area contributed by atoms with Gasteiger partial charge in [-0.25, -0.2) is 0 Å². The van der Waals surface area contributed by atoms with Gasteiger partial charge in [-0.05, 0) is 25.7 Å². The number of halogens is 2. The molecule has 120 valence electrons. The van der Waals surface area contributed by atoms with E-state index in [2.05, 4.69) is 0 Å². The quantitative estimate of drug-likeness (QED) is 0.324. The average molecular weight is 358 g/mol. The van der Waals surface area contributed by atoms with E-state index in [-0.39, 0.29) is 65.5 Å². The van der Waals surface area contributed by atoms with E-state index in [0.29, 0.717) is 0 Å². The molecule has 0 heterocycles. The Morgan fingerprint density at radius 1 is 0.474 bits per heavy atom. The van der Waals surface area contributed by atoms with Crippen LogP contribution in [-0.4, -0.2) is 24.2 Å². The van der Waals surface area contributed by atoms with E-state index in [1.807, 2.05) is 0 Å². The molecule has 2 aliphatic carbocycles. The summed E-state index contributed by atoms with van der Waals surface area (Å²) in [7, 11) is 0. The summed E-state index contributed by atoms with van der Waals surface area (Å²) in [5.74, 6) is 0. The molecule has 8 N–H and O–H groups in total. The van der Waals surface area contributed by atoms with Crippen LogP contribution in [0.5, 0.6) is 0 Å². The molecule has 0 bridgehead atoms. The second-order valence-corrected chi connectivity index (χ2v) is 5.22. The van der Waals surface area contributed by atoms with Gasteiger partial charge in [0, 0.05) is 24.2 Å². The third kappa shape index (κ3) is 10.3. The van der Waals surface area contributed by atoms with E-state index in [9.17, 15) is 0 Å². The Bertz CT molecular complexity index is 161. The minimum atomic E-state index is 0. The van der Waals surface area contributed by atoms with Gasteiger partial charge in [-0.2, -0.15) is 0 Å². The maximum atomic E-state index is 5.65. The van der Waals surface area contributed by atoms with Crippen LogP contribution < -0.4 is 47.7 Å². The van der Waals surface area contributed by atoms with Crippen LogP contribution in [0.4, 0.5) is 0 Å². The van der Waals surface area contributed by atoms with Gasteiger partial charge in [0.05, 0.1) is 0 Å². The summed E-state index contributed by atoms with van der Waals surface area (Å²) in [6.07, 6.45) is 9.60. The Hall–Kier alpha value is 0.914. The predicted octanol–water partition coefficient (Wildman–Crippen LogP) is -5.56. The van der Waals surface area contributed by atoms with Crippen molar-refractivity contribution in [3.8, 4) is 0 Å². The van der Waals surface area contributed by atoms with Crippen molar-refractivity contribution in [2.24, 2.45) is 22.9 Å². The molecule has 2 aliphatic rings. The van der Waals surface area contributed by atoms with Crippen LogP contribution in [0.25, 0.3) is 0 Å². The van der Waals surface area contributed by atoms with Gasteiger partial charge in [-0.1, -0.05) is 25.7 Å². The monoisotopic (exact) mass is 356 g/mol. The van der Waals surface area contributed by atoms with Crippen molar-refractivity contribution in [1.82, 2.24) is 0 Å². The molecule has 0 aromatic rings. The van der Waals surface area contributed by atoms with Crippen molar-refractivity contribution in [2.45, 2.75) is 75.5 Å². The molecule has 0 saturated heterocycles. The number of hydrogen-bond acceptors (Lipinski definition) is 4. The van der Waals surface area contributed by atoms with Gasteiger partial charge in [0.1, 0.15) is 0 Å². The van der Waals surface area contributed by atoms with Crippen LogP contribution in [0, 0.1) is 0 Å². The van der Waals surface area contributed by atoms with Crippen molar-refractivity contribution >= 4 is 0 Å². The van der Waals surface area contributed by atoms with Gasteiger partial charge in [-0.3, -0.25) is 0 Å². The molecule has 0 spiro atoms. The van der Waals surface area contributed by atoms with E-state index in [0.717, 1.165) is 25.7 Å². The molecule has 0 aromatic carbocycles. The molecule has 2 rings (SSSR count). The number of hydrogen-bond donors (Lipinski definition) is 4. The Morgan fingerprint density at radius 3 is 0.737 bits per heavy atom. The topological polar surface area (TPSA) is 104 Å². The predicted molar refractivity (Wildman–Crippen MR) is 68.8 cm³/mol. The molecule has 0 amide bonds. The standard InChI is InChI=1S/2C6H14N2.2ClH.Ni/c2*7-5-3-1-2-4-6(5)8;;;/h2*5-6H,1-4,7-8H2;2*1H;/q;;;;+2/p-2/t2*5-,6+;;;. The van der Waals surface area contributed by atoms with Crippen LogP contribution in [-0.2, 0) is 16.5 Å². The molecule has 4 atom stereocenters. The van der Waals surface area contributed by atoms with Crippen molar-refractivity contribution < 1.29 is 41.3 Å². The summed E-state index contributed by atoms with van der Waals surface area (Å²) in [6, 6.07) is 1.12. The van der Waals surface area contributed by atoms with Crippen molar-refractivity contribution in [3.05, 3.63) is 0 Å². The van der Waals surface area contributed by atoms with Crippen molar-refractivity contribution in [3.63, 3.8) is 0 Å². The van der Waals surface area contributed by atoms with E-state index in [4.69, 9.17) is 22.9 Å². The summed E-state index contributed by atoms with van der Waals surface area (Å²) in [5.41, 5.74) is 22.6. The fourth-order valence-electron chi connectivity index (χ4n) is 2.38. The van der Waals surface area contributed by atoms with Crippen LogP contribution in [0.2, 0.25) is 0 Å². The zero-order valence-electron chi connectivity index (χ0n) is 11.3. The Morgan fingerprint density at radius 2 is 0.632 bits per heavy atom. The van der Waals surface area contributed by atoms with Gasteiger partial charge in [-0.15, -0.1) is 0 Å². The molecule has 2 saturated carbocycles. The minimum absolute atomic E-state index is 0. The molecule has 7 heteroatoms. The molecular weight excluding hydrogens is 330 g/mol. The zero-order chi connectivity index (χ0) is 12.0. The zero-order valence-corrected chi connectivity index (χ0v) is 13.8. The van der Waals surface area contributed by atoms with Crippen LogP contribution >= 0.6 is 0 Å². The Kier molecular flexibility index (Phi) is 18.2. The summed E-state index contributed by atoms with van der Waals surface area (Å²) < 4.78 is 0. The molecule has 0 aliphatic heterocycles. The van der Waals surface area contributed by atoms with E-state index >= 15 is 0 Å². The molecule has 2 fully saturated rings. The number of rotatable bonds is 0. The fraction of sp³-hybridized carbons (Fsp3) is 1.00. The molecular formula is C12H28Cl2N4Ni. The molecule has 0 aromatic heterocycles. The van der Waals surface area contributed by atoms with Crippen LogP contribution in [0.1, 0.15) is 51.4 Å². The molecule has 0 radical (unpaired) electrons. The van der Waals surface area contributed by atoms with E-state index < -0.39 is 0 Å². The summed E-state index contributed by atoms with van der Waals surface area (Å²) >= 11 is 0. The summed E-state index contributed by atoms with van der Waals surface area (Å²) in [6.45, 7) is 0. The fourth-order valence-corrected chi connectivity index (χ4v) is 2.38. The summed E-state index contributed by atoms with van der Waals surface area (Å²) in [5, 5.41) is 0. The first-order valence-electron chi connectivity index (χ1n) is 6.63. The van der Waals surface area contributed by atoms with Gasteiger partial charge < -0.3 is 47.7 Å². The first-order valence-corrected chi connectivity index (χ1v) is 6.63. The third-order valence-electron chi connectivity index (χ3n) is 3.75. The molecule has 0 unspecified atom stereocenters. The van der Waals surface area contributed by atoms with Gasteiger partial charge in [0.2, 0.25) is 0 Å². The van der Waals surface area contributed by atoms with Gasteiger partial charge in [0.15, 0.2) is 0 Å². The molecule has 4 nitrogen and oxygen atoms in total. The smallest absolute Gasteiger partial charge is 1.00 e. The second-order valence-electron chi connectivity index (χ2n) is 5.22. The Labute approximate surface area is 139 Å². The second kappa shape index (κ2) is 13.9. The van der Waals surface area contributed by atoms with Gasteiger partial charge >= 0.3 is 16.5 Å². The largest absolute Gasteiger partial charge is 2.00 e. The van der Waals surface area contributed by atoms with E-state index in [1.165, 1.54) is 25.7 Å². The van der Waals surface area contributed by atoms with Gasteiger partial charge in [0.25, 0.3) is 0 Å². The summed E-state index contributed by atoms with van der Waals surface area (Å²) in [4.78, 5) is 0. The molecule has 19 heavy (non-hydrogen) atoms. The first-order chi connectivity index (χ1) is 7.61. The van der Waals surface area contributed by atoms with Crippen molar-refractivity contribution in [2.75, 3.05) is 0 Å². The first kappa shape index (κ1) is 24.9.